The standard InChI is InChI=1S/C7H15N5O2/c1-12(2)4-3-9-6(7(13)14)5-10-11-8/h6,9H,3-5H2,1-2H3,(H,13,14). The molecule has 2 N–H and O–H groups in total. The van der Waals surface area contributed by atoms with Crippen molar-refractivity contribution in [1.29, 1.82) is 0 Å². The number of azide groups is 1. The van der Waals surface area contributed by atoms with E-state index >= 15 is 0 Å². The Kier molecular flexibility index (Phi) is 6.47. The van der Waals surface area contributed by atoms with Gasteiger partial charge in [-0.2, -0.15) is 0 Å². The lowest BCUT2D eigenvalue weighted by molar-refractivity contribution is -0.139. The summed E-state index contributed by atoms with van der Waals surface area (Å²) >= 11 is 0. The molecule has 7 heteroatoms. The predicted molar refractivity (Wildman–Crippen MR) is 52.0 cm³/mol. The maximum Gasteiger partial charge on any atom is 0.320 e. The molecule has 14 heavy (non-hydrogen) atoms. The largest absolute Gasteiger partial charge is 0.480 e. The number of likely N-dealkylation sites (N-methyl/N-ethyl adjacent to an activating group) is 1. The van der Waals surface area contributed by atoms with Gasteiger partial charge in [0.1, 0.15) is 6.04 Å². The van der Waals surface area contributed by atoms with Crippen LogP contribution in [0, 0.1) is 0 Å². The van der Waals surface area contributed by atoms with Crippen LogP contribution in [0.2, 0.25) is 0 Å². The van der Waals surface area contributed by atoms with Crippen molar-refractivity contribution in [3.63, 3.8) is 0 Å². The first-order valence-corrected chi connectivity index (χ1v) is 4.19. The van der Waals surface area contributed by atoms with Gasteiger partial charge >= 0.3 is 5.97 Å². The molecule has 7 nitrogen and oxygen atoms in total. The number of aliphatic carboxylic acids is 1. The van der Waals surface area contributed by atoms with Crippen molar-refractivity contribution in [3.8, 4) is 0 Å². The van der Waals surface area contributed by atoms with Crippen molar-refractivity contribution < 1.29 is 9.90 Å². The van der Waals surface area contributed by atoms with Gasteiger partial charge in [-0.25, -0.2) is 0 Å². The summed E-state index contributed by atoms with van der Waals surface area (Å²) in [5.74, 6) is -1.00. The predicted octanol–water partition coefficient (Wildman–Crippen LogP) is -0.0989. The lowest BCUT2D eigenvalue weighted by Gasteiger charge is -2.14. The Morgan fingerprint density at radius 2 is 2.36 bits per heavy atom. The van der Waals surface area contributed by atoms with Gasteiger partial charge < -0.3 is 15.3 Å². The van der Waals surface area contributed by atoms with Crippen LogP contribution in [0.25, 0.3) is 10.4 Å². The van der Waals surface area contributed by atoms with Crippen molar-refractivity contribution in [2.75, 3.05) is 33.7 Å². The van der Waals surface area contributed by atoms with Crippen LogP contribution in [0.15, 0.2) is 5.11 Å². The van der Waals surface area contributed by atoms with E-state index in [1.807, 2.05) is 19.0 Å². The third-order valence-corrected chi connectivity index (χ3v) is 1.58. The normalized spacial score (nSPS) is 12.2. The summed E-state index contributed by atoms with van der Waals surface area (Å²) in [5, 5.41) is 14.7. The topological polar surface area (TPSA) is 101 Å². The monoisotopic (exact) mass is 201 g/mol. The molecule has 80 valence electrons. The lowest BCUT2D eigenvalue weighted by Crippen LogP contribution is -2.42. The van der Waals surface area contributed by atoms with Gasteiger partial charge in [0.15, 0.2) is 0 Å². The first-order valence-electron chi connectivity index (χ1n) is 4.19. The Bertz CT molecular complexity index is 224. The van der Waals surface area contributed by atoms with Gasteiger partial charge in [-0.3, -0.25) is 4.79 Å². The van der Waals surface area contributed by atoms with E-state index in [1.165, 1.54) is 0 Å². The molecule has 0 heterocycles. The maximum atomic E-state index is 10.6. The molecule has 0 radical (unpaired) electrons. The summed E-state index contributed by atoms with van der Waals surface area (Å²) in [6.45, 7) is 1.21. The number of hydrogen-bond acceptors (Lipinski definition) is 4. The fourth-order valence-corrected chi connectivity index (χ4v) is 0.811. The summed E-state index contributed by atoms with van der Waals surface area (Å²) in [7, 11) is 3.79. The molecule has 1 atom stereocenters. The molecule has 0 saturated carbocycles. The number of carboxylic acids is 1. The summed E-state index contributed by atoms with van der Waals surface area (Å²) < 4.78 is 0. The van der Waals surface area contributed by atoms with Gasteiger partial charge in [-0.05, 0) is 19.6 Å². The summed E-state index contributed by atoms with van der Waals surface area (Å²) in [6, 6.07) is -0.800. The van der Waals surface area contributed by atoms with E-state index in [2.05, 4.69) is 15.3 Å². The molecular formula is C7H15N5O2. The Morgan fingerprint density at radius 1 is 1.71 bits per heavy atom. The van der Waals surface area contributed by atoms with Gasteiger partial charge in [0.25, 0.3) is 0 Å². The number of nitrogens with zero attached hydrogens (tertiary/aromatic N) is 4. The van der Waals surface area contributed by atoms with E-state index in [1.54, 1.807) is 0 Å². The van der Waals surface area contributed by atoms with Gasteiger partial charge in [0.2, 0.25) is 0 Å². The molecule has 0 aromatic rings. The average Bonchev–Trinajstić information content (AvgIpc) is 2.09. The van der Waals surface area contributed by atoms with Crippen LogP contribution in [0.1, 0.15) is 0 Å². The van der Waals surface area contributed by atoms with Gasteiger partial charge in [-0.1, -0.05) is 5.11 Å². The molecule has 0 aromatic heterocycles. The molecule has 0 saturated heterocycles. The van der Waals surface area contributed by atoms with Crippen LogP contribution in [0.4, 0.5) is 0 Å². The molecule has 0 spiro atoms. The molecular weight excluding hydrogens is 186 g/mol. The zero-order valence-corrected chi connectivity index (χ0v) is 8.34. The first kappa shape index (κ1) is 12.7. The minimum Gasteiger partial charge on any atom is -0.480 e. The molecule has 0 fully saturated rings. The smallest absolute Gasteiger partial charge is 0.320 e. The highest BCUT2D eigenvalue weighted by Crippen LogP contribution is 1.86. The highest BCUT2D eigenvalue weighted by molar-refractivity contribution is 5.73. The van der Waals surface area contributed by atoms with Gasteiger partial charge in [0.05, 0.1) is 6.54 Å². The van der Waals surface area contributed by atoms with Crippen LogP contribution in [0.5, 0.6) is 0 Å². The Hall–Kier alpha value is -1.30. The number of carboxylic acid groups (broad SMARTS) is 1. The number of nitrogens with one attached hydrogen (secondary N) is 1. The molecule has 0 aliphatic carbocycles. The quantitative estimate of drug-likeness (QED) is 0.341. The number of hydrogen-bond donors (Lipinski definition) is 2. The van der Waals surface area contributed by atoms with E-state index < -0.39 is 12.0 Å². The van der Waals surface area contributed by atoms with Crippen molar-refractivity contribution in [2.45, 2.75) is 6.04 Å². The fraction of sp³-hybridized carbons (Fsp3) is 0.857. The summed E-state index contributed by atoms with van der Waals surface area (Å²) in [4.78, 5) is 15.1. The summed E-state index contributed by atoms with van der Waals surface area (Å²) in [6.07, 6.45) is 0. The minimum absolute atomic E-state index is 0.0702. The molecule has 1 unspecified atom stereocenters. The Balaban J connectivity index is 3.85. The second kappa shape index (κ2) is 7.14. The molecule has 0 aliphatic rings. The van der Waals surface area contributed by atoms with E-state index in [9.17, 15) is 4.79 Å². The Morgan fingerprint density at radius 3 is 2.79 bits per heavy atom. The average molecular weight is 201 g/mol. The van der Waals surface area contributed by atoms with Crippen LogP contribution in [-0.2, 0) is 4.79 Å². The zero-order chi connectivity index (χ0) is 11.0. The number of carbonyl (C=O) groups is 1. The first-order chi connectivity index (χ1) is 6.57. The Labute approximate surface area is 82.3 Å². The van der Waals surface area contributed by atoms with E-state index in [0.29, 0.717) is 6.54 Å². The molecule has 0 aromatic carbocycles. The molecule has 0 amide bonds. The maximum absolute atomic E-state index is 10.6. The molecule has 0 bridgehead atoms. The third-order valence-electron chi connectivity index (χ3n) is 1.58. The van der Waals surface area contributed by atoms with Crippen LogP contribution >= 0.6 is 0 Å². The molecule has 0 rings (SSSR count). The highest BCUT2D eigenvalue weighted by Gasteiger charge is 2.14. The second-order valence-electron chi connectivity index (χ2n) is 3.06. The second-order valence-corrected chi connectivity index (χ2v) is 3.06. The highest BCUT2D eigenvalue weighted by atomic mass is 16.4. The van der Waals surface area contributed by atoms with E-state index in [4.69, 9.17) is 10.6 Å². The van der Waals surface area contributed by atoms with Crippen molar-refractivity contribution >= 4 is 5.97 Å². The van der Waals surface area contributed by atoms with Gasteiger partial charge in [-0.15, -0.1) is 0 Å². The van der Waals surface area contributed by atoms with E-state index in [0.717, 1.165) is 6.54 Å². The van der Waals surface area contributed by atoms with Crippen molar-refractivity contribution in [3.05, 3.63) is 10.4 Å². The van der Waals surface area contributed by atoms with Crippen molar-refractivity contribution in [2.24, 2.45) is 5.11 Å². The van der Waals surface area contributed by atoms with Crippen molar-refractivity contribution in [1.82, 2.24) is 10.2 Å². The van der Waals surface area contributed by atoms with Crippen LogP contribution in [0.3, 0.4) is 0 Å². The number of rotatable bonds is 7. The van der Waals surface area contributed by atoms with Crippen LogP contribution in [-0.4, -0.2) is 55.7 Å². The minimum atomic E-state index is -1.00. The SMILES string of the molecule is CN(C)CCNC(CN=[N+]=[N-])C(=O)O. The van der Waals surface area contributed by atoms with Crippen LogP contribution < -0.4 is 5.32 Å². The zero-order valence-electron chi connectivity index (χ0n) is 8.34. The van der Waals surface area contributed by atoms with E-state index in [-0.39, 0.29) is 6.54 Å². The third kappa shape index (κ3) is 6.24. The fourth-order valence-electron chi connectivity index (χ4n) is 0.811. The van der Waals surface area contributed by atoms with Gasteiger partial charge in [0, 0.05) is 18.0 Å². The lowest BCUT2D eigenvalue weighted by atomic mass is 10.3. The molecule has 0 aliphatic heterocycles. The summed E-state index contributed by atoms with van der Waals surface area (Å²) in [5.41, 5.74) is 8.04.